The second-order valence-corrected chi connectivity index (χ2v) is 3.03. The molecule has 0 aliphatic heterocycles. The number of hydrogen-bond acceptors (Lipinski definition) is 3. The zero-order valence-electron chi connectivity index (χ0n) is 8.37. The minimum Gasteiger partial charge on any atom is -0.394 e. The van der Waals surface area contributed by atoms with E-state index in [1.807, 2.05) is 0 Å². The van der Waals surface area contributed by atoms with Gasteiger partial charge in [-0.2, -0.15) is 0 Å². The molecule has 0 aliphatic rings. The summed E-state index contributed by atoms with van der Waals surface area (Å²) in [4.78, 5) is 24.9. The number of nitrogens with zero attached hydrogens (tertiary/aromatic N) is 2. The normalized spacial score (nSPS) is 10.9. The van der Waals surface area contributed by atoms with E-state index in [9.17, 15) is 9.59 Å². The highest BCUT2D eigenvalue weighted by molar-refractivity contribution is 5.99. The van der Waals surface area contributed by atoms with Crippen LogP contribution in [0.25, 0.3) is 0 Å². The van der Waals surface area contributed by atoms with Crippen molar-refractivity contribution in [2.45, 2.75) is 0 Å². The van der Waals surface area contributed by atoms with Crippen LogP contribution in [0.1, 0.15) is 0 Å². The molecule has 74 valence electrons. The Kier molecular flexibility index (Phi) is 3.97. The summed E-state index contributed by atoms with van der Waals surface area (Å²) in [5, 5.41) is 0. The Morgan fingerprint density at radius 3 is 1.85 bits per heavy atom. The smallest absolute Gasteiger partial charge is 0.269 e. The lowest BCUT2D eigenvalue weighted by atomic mass is 10.3. The molecule has 5 heteroatoms. The van der Waals surface area contributed by atoms with Crippen molar-refractivity contribution >= 4 is 11.8 Å². The van der Waals surface area contributed by atoms with Gasteiger partial charge < -0.3 is 15.5 Å². The highest BCUT2D eigenvalue weighted by atomic mass is 16.2. The summed E-state index contributed by atoms with van der Waals surface area (Å²) >= 11 is 0. The Labute approximate surface area is 77.8 Å². The Morgan fingerprint density at radius 1 is 1.08 bits per heavy atom. The topological polar surface area (TPSA) is 66.6 Å². The molecule has 0 atom stereocenters. The molecule has 0 fully saturated rings. The van der Waals surface area contributed by atoms with Crippen LogP contribution in [0, 0.1) is 0 Å². The molecule has 0 spiro atoms. The molecule has 13 heavy (non-hydrogen) atoms. The SMILES string of the molecule is CN(C)C(=O)/C=C(/N)C(=O)N(C)C. The van der Waals surface area contributed by atoms with Crippen LogP contribution in [0.5, 0.6) is 0 Å². The first kappa shape index (κ1) is 11.5. The van der Waals surface area contributed by atoms with E-state index in [1.165, 1.54) is 9.80 Å². The quantitative estimate of drug-likeness (QED) is 0.561. The third kappa shape index (κ3) is 3.59. The lowest BCUT2D eigenvalue weighted by molar-refractivity contribution is -0.126. The number of amides is 2. The number of likely N-dealkylation sites (N-methyl/N-ethyl adjacent to an activating group) is 2. The first-order chi connectivity index (χ1) is 5.86. The van der Waals surface area contributed by atoms with Crippen LogP contribution >= 0.6 is 0 Å². The van der Waals surface area contributed by atoms with E-state index < -0.39 is 0 Å². The van der Waals surface area contributed by atoms with E-state index in [1.54, 1.807) is 28.2 Å². The molecular formula is C8H15N3O2. The van der Waals surface area contributed by atoms with Crippen LogP contribution < -0.4 is 5.73 Å². The first-order valence-corrected chi connectivity index (χ1v) is 3.76. The van der Waals surface area contributed by atoms with E-state index in [4.69, 9.17) is 5.73 Å². The van der Waals surface area contributed by atoms with Crippen molar-refractivity contribution in [2.75, 3.05) is 28.2 Å². The predicted molar refractivity (Wildman–Crippen MR) is 49.7 cm³/mol. The van der Waals surface area contributed by atoms with Crippen molar-refractivity contribution in [3.63, 3.8) is 0 Å². The van der Waals surface area contributed by atoms with Gasteiger partial charge in [0.25, 0.3) is 5.91 Å². The van der Waals surface area contributed by atoms with Gasteiger partial charge in [-0.1, -0.05) is 0 Å². The molecule has 2 amide bonds. The summed E-state index contributed by atoms with van der Waals surface area (Å²) in [7, 11) is 6.32. The second kappa shape index (κ2) is 4.49. The van der Waals surface area contributed by atoms with Gasteiger partial charge in [-0.05, 0) is 0 Å². The van der Waals surface area contributed by atoms with Crippen LogP contribution in [0.4, 0.5) is 0 Å². The monoisotopic (exact) mass is 185 g/mol. The number of rotatable bonds is 2. The van der Waals surface area contributed by atoms with Gasteiger partial charge in [0.2, 0.25) is 5.91 Å². The summed E-state index contributed by atoms with van der Waals surface area (Å²) in [6.45, 7) is 0. The minimum atomic E-state index is -0.366. The van der Waals surface area contributed by atoms with Gasteiger partial charge in [-0.3, -0.25) is 9.59 Å². The first-order valence-electron chi connectivity index (χ1n) is 3.76. The van der Waals surface area contributed by atoms with E-state index in [-0.39, 0.29) is 17.5 Å². The lowest BCUT2D eigenvalue weighted by Gasteiger charge is -2.11. The largest absolute Gasteiger partial charge is 0.394 e. The number of nitrogens with two attached hydrogens (primary N) is 1. The fourth-order valence-corrected chi connectivity index (χ4v) is 0.582. The number of hydrogen-bond donors (Lipinski definition) is 1. The van der Waals surface area contributed by atoms with Crippen LogP contribution in [0.2, 0.25) is 0 Å². The molecule has 0 bridgehead atoms. The maximum Gasteiger partial charge on any atom is 0.269 e. The van der Waals surface area contributed by atoms with E-state index in [0.29, 0.717) is 0 Å². The average Bonchev–Trinajstić information content (AvgIpc) is 2.02. The van der Waals surface area contributed by atoms with Crippen LogP contribution in [0.3, 0.4) is 0 Å². The molecule has 0 aromatic rings. The molecule has 0 saturated carbocycles. The summed E-state index contributed by atoms with van der Waals surface area (Å²) in [5.41, 5.74) is 5.33. The highest BCUT2D eigenvalue weighted by Gasteiger charge is 2.09. The van der Waals surface area contributed by atoms with Crippen LogP contribution in [-0.4, -0.2) is 49.8 Å². The molecule has 0 heterocycles. The summed E-state index contributed by atoms with van der Waals surface area (Å²) in [6.07, 6.45) is 1.11. The molecule has 0 rings (SSSR count). The highest BCUT2D eigenvalue weighted by Crippen LogP contribution is 1.92. The standard InChI is InChI=1S/C8H15N3O2/c1-10(2)7(12)5-6(9)8(13)11(3)4/h5H,9H2,1-4H3/b6-5+. The summed E-state index contributed by atoms with van der Waals surface area (Å²) < 4.78 is 0. The molecule has 0 saturated heterocycles. The molecule has 2 N–H and O–H groups in total. The van der Waals surface area contributed by atoms with Gasteiger partial charge in [0, 0.05) is 34.3 Å². The Bertz CT molecular complexity index is 244. The molecule has 0 aromatic carbocycles. The molecule has 0 unspecified atom stereocenters. The maximum absolute atomic E-state index is 11.2. The molecule has 5 nitrogen and oxygen atoms in total. The van der Waals surface area contributed by atoms with Crippen molar-refractivity contribution in [3.05, 3.63) is 11.8 Å². The third-order valence-corrected chi connectivity index (χ3v) is 1.37. The molecular weight excluding hydrogens is 170 g/mol. The van der Waals surface area contributed by atoms with Crippen molar-refractivity contribution in [1.82, 2.24) is 9.80 Å². The molecule has 0 aromatic heterocycles. The zero-order valence-corrected chi connectivity index (χ0v) is 8.37. The third-order valence-electron chi connectivity index (χ3n) is 1.37. The van der Waals surface area contributed by atoms with E-state index >= 15 is 0 Å². The fraction of sp³-hybridized carbons (Fsp3) is 0.500. The molecule has 0 radical (unpaired) electrons. The van der Waals surface area contributed by atoms with Gasteiger partial charge in [0.05, 0.1) is 0 Å². The summed E-state index contributed by atoms with van der Waals surface area (Å²) in [5.74, 6) is -0.664. The maximum atomic E-state index is 11.2. The van der Waals surface area contributed by atoms with Crippen molar-refractivity contribution < 1.29 is 9.59 Å². The van der Waals surface area contributed by atoms with Gasteiger partial charge in [-0.15, -0.1) is 0 Å². The summed E-state index contributed by atoms with van der Waals surface area (Å²) in [6, 6.07) is 0. The number of carbonyl (C=O) groups is 2. The minimum absolute atomic E-state index is 0.0521. The predicted octanol–water partition coefficient (Wildman–Crippen LogP) is -0.995. The van der Waals surface area contributed by atoms with Crippen LogP contribution in [-0.2, 0) is 9.59 Å². The number of carbonyl (C=O) groups excluding carboxylic acids is 2. The van der Waals surface area contributed by atoms with Crippen molar-refractivity contribution in [3.8, 4) is 0 Å². The van der Waals surface area contributed by atoms with Gasteiger partial charge >= 0.3 is 0 Å². The zero-order chi connectivity index (χ0) is 10.6. The van der Waals surface area contributed by atoms with Gasteiger partial charge in [0.1, 0.15) is 5.70 Å². The Balaban J connectivity index is 4.50. The van der Waals surface area contributed by atoms with Crippen LogP contribution in [0.15, 0.2) is 11.8 Å². The van der Waals surface area contributed by atoms with E-state index in [2.05, 4.69) is 0 Å². The Morgan fingerprint density at radius 2 is 1.54 bits per heavy atom. The van der Waals surface area contributed by atoms with Gasteiger partial charge in [0.15, 0.2) is 0 Å². The second-order valence-electron chi connectivity index (χ2n) is 3.03. The van der Waals surface area contributed by atoms with Gasteiger partial charge in [-0.25, -0.2) is 0 Å². The lowest BCUT2D eigenvalue weighted by Crippen LogP contribution is -2.29. The van der Waals surface area contributed by atoms with E-state index in [0.717, 1.165) is 6.08 Å². The average molecular weight is 185 g/mol. The fourth-order valence-electron chi connectivity index (χ4n) is 0.582. The Hall–Kier alpha value is -1.52. The van der Waals surface area contributed by atoms with Crippen molar-refractivity contribution in [1.29, 1.82) is 0 Å². The van der Waals surface area contributed by atoms with Crippen molar-refractivity contribution in [2.24, 2.45) is 5.73 Å². The molecule has 0 aliphatic carbocycles.